The van der Waals surface area contributed by atoms with Crippen LogP contribution in [0.25, 0.3) is 0 Å². The van der Waals surface area contributed by atoms with Crippen LogP contribution < -0.4 is 16.1 Å². The van der Waals surface area contributed by atoms with Crippen molar-refractivity contribution in [3.8, 4) is 0 Å². The average Bonchev–Trinajstić information content (AvgIpc) is 2.65. The van der Waals surface area contributed by atoms with Gasteiger partial charge in [0.25, 0.3) is 0 Å². The van der Waals surface area contributed by atoms with Crippen LogP contribution in [0.1, 0.15) is 11.1 Å². The van der Waals surface area contributed by atoms with Gasteiger partial charge in [-0.2, -0.15) is 5.10 Å². The molecule has 3 N–H and O–H groups in total. The fourth-order valence-corrected chi connectivity index (χ4v) is 3.44. The molecule has 2 aromatic rings. The van der Waals surface area contributed by atoms with Crippen LogP contribution in [0, 0.1) is 17.5 Å². The van der Waals surface area contributed by atoms with E-state index in [1.165, 1.54) is 24.4 Å². The Morgan fingerprint density at radius 1 is 1.14 bits per heavy atom. The predicted octanol–water partition coefficient (Wildman–Crippen LogP) is 3.25. The second-order valence-corrected chi connectivity index (χ2v) is 7.38. The maximum Gasteiger partial charge on any atom is 0.184 e. The first-order valence-corrected chi connectivity index (χ1v) is 9.61. The molecule has 0 saturated carbocycles. The lowest BCUT2D eigenvalue weighted by Crippen LogP contribution is -2.46. The Labute approximate surface area is 176 Å². The third-order valence-corrected chi connectivity index (χ3v) is 5.00. The predicted molar refractivity (Wildman–Crippen MR) is 113 cm³/mol. The minimum atomic E-state index is -0.688. The van der Waals surface area contributed by atoms with Gasteiger partial charge < -0.3 is 10.6 Å². The number of hydrogen-bond acceptors (Lipinski definition) is 4. The molecule has 0 aliphatic carbocycles. The van der Waals surface area contributed by atoms with Gasteiger partial charge in [0, 0.05) is 48.9 Å². The molecule has 0 unspecified atom stereocenters. The highest BCUT2D eigenvalue weighted by molar-refractivity contribution is 7.80. The number of rotatable bonds is 5. The molecule has 0 atom stereocenters. The Hall–Kier alpha value is -2.36. The number of hydrazone groups is 1. The molecule has 1 fully saturated rings. The monoisotopic (exact) mass is 441 g/mol. The van der Waals surface area contributed by atoms with Crippen molar-refractivity contribution >= 4 is 40.8 Å². The standard InChI is InChI=1S/C19H19ClF3N5S/c20-14-2-1-3-15(21)13(14)11-27-4-6-28(7-5-27)18-16(22)8-12(9-17(18)23)10-25-26-19(24)29/h1-3,8-10H,4-7,11H2,(H3,24,26,29). The van der Waals surface area contributed by atoms with E-state index in [-0.39, 0.29) is 22.2 Å². The van der Waals surface area contributed by atoms with Crippen molar-refractivity contribution in [2.75, 3.05) is 31.1 Å². The Kier molecular flexibility index (Phi) is 6.94. The first-order chi connectivity index (χ1) is 13.8. The number of nitrogens with two attached hydrogens (primary N) is 1. The zero-order chi connectivity index (χ0) is 21.0. The lowest BCUT2D eigenvalue weighted by Gasteiger charge is -2.36. The summed E-state index contributed by atoms with van der Waals surface area (Å²) < 4.78 is 43.0. The molecule has 0 aromatic heterocycles. The third kappa shape index (κ3) is 5.37. The van der Waals surface area contributed by atoms with Gasteiger partial charge in [0.2, 0.25) is 0 Å². The minimum absolute atomic E-state index is 0.0478. The molecule has 0 amide bonds. The van der Waals surface area contributed by atoms with E-state index in [9.17, 15) is 13.2 Å². The molecule has 1 aliphatic heterocycles. The summed E-state index contributed by atoms with van der Waals surface area (Å²) in [6, 6.07) is 6.94. The Morgan fingerprint density at radius 2 is 1.79 bits per heavy atom. The largest absolute Gasteiger partial charge is 0.375 e. The van der Waals surface area contributed by atoms with E-state index >= 15 is 0 Å². The van der Waals surface area contributed by atoms with Crippen LogP contribution in [-0.4, -0.2) is 42.4 Å². The summed E-state index contributed by atoms with van der Waals surface area (Å²) in [4.78, 5) is 3.64. The molecule has 1 saturated heterocycles. The quantitative estimate of drug-likeness (QED) is 0.424. The molecule has 10 heteroatoms. The Balaban J connectivity index is 1.66. The third-order valence-electron chi connectivity index (χ3n) is 4.56. The molecule has 5 nitrogen and oxygen atoms in total. The normalized spacial score (nSPS) is 15.1. The molecule has 1 heterocycles. The molecule has 29 heavy (non-hydrogen) atoms. The van der Waals surface area contributed by atoms with Gasteiger partial charge in [0.1, 0.15) is 23.1 Å². The number of halogens is 4. The van der Waals surface area contributed by atoms with Crippen LogP contribution in [0.4, 0.5) is 18.9 Å². The molecule has 0 radical (unpaired) electrons. The number of anilines is 1. The lowest BCUT2D eigenvalue weighted by atomic mass is 10.1. The highest BCUT2D eigenvalue weighted by atomic mass is 35.5. The number of thiocarbonyl (C=S) groups is 1. The summed E-state index contributed by atoms with van der Waals surface area (Å²) in [5, 5.41) is 4.01. The SMILES string of the molecule is NC(=S)NN=Cc1cc(F)c(N2CCN(Cc3c(F)cccc3Cl)CC2)c(F)c1. The zero-order valence-corrected chi connectivity index (χ0v) is 16.9. The van der Waals surface area contributed by atoms with Gasteiger partial charge in [-0.15, -0.1) is 0 Å². The summed E-state index contributed by atoms with van der Waals surface area (Å²) in [5.74, 6) is -1.74. The van der Waals surface area contributed by atoms with Crippen molar-refractivity contribution in [1.82, 2.24) is 10.3 Å². The van der Waals surface area contributed by atoms with Crippen LogP contribution in [0.3, 0.4) is 0 Å². The van der Waals surface area contributed by atoms with E-state index in [0.717, 1.165) is 0 Å². The summed E-state index contributed by atoms with van der Waals surface area (Å²) >= 11 is 10.7. The van der Waals surface area contributed by atoms with E-state index in [0.29, 0.717) is 43.3 Å². The van der Waals surface area contributed by atoms with Crippen molar-refractivity contribution in [3.63, 3.8) is 0 Å². The van der Waals surface area contributed by atoms with Gasteiger partial charge in [-0.05, 0) is 36.5 Å². The highest BCUT2D eigenvalue weighted by Crippen LogP contribution is 2.27. The molecule has 154 valence electrons. The van der Waals surface area contributed by atoms with E-state index < -0.39 is 11.6 Å². The fraction of sp³-hybridized carbons (Fsp3) is 0.263. The molecule has 1 aliphatic rings. The smallest absolute Gasteiger partial charge is 0.184 e. The first-order valence-electron chi connectivity index (χ1n) is 8.83. The lowest BCUT2D eigenvalue weighted by molar-refractivity contribution is 0.245. The maximum absolute atomic E-state index is 14.5. The molecular weight excluding hydrogens is 423 g/mol. The summed E-state index contributed by atoms with van der Waals surface area (Å²) in [6.07, 6.45) is 1.23. The van der Waals surface area contributed by atoms with Crippen molar-refractivity contribution < 1.29 is 13.2 Å². The van der Waals surface area contributed by atoms with Crippen LogP contribution in [0.5, 0.6) is 0 Å². The summed E-state index contributed by atoms with van der Waals surface area (Å²) in [7, 11) is 0. The zero-order valence-electron chi connectivity index (χ0n) is 15.3. The molecule has 0 bridgehead atoms. The number of hydrogen-bond donors (Lipinski definition) is 2. The van der Waals surface area contributed by atoms with Gasteiger partial charge >= 0.3 is 0 Å². The van der Waals surface area contributed by atoms with Gasteiger partial charge in [0.15, 0.2) is 5.11 Å². The second-order valence-electron chi connectivity index (χ2n) is 6.53. The highest BCUT2D eigenvalue weighted by Gasteiger charge is 2.24. The van der Waals surface area contributed by atoms with Gasteiger partial charge in [-0.1, -0.05) is 17.7 Å². The van der Waals surface area contributed by atoms with Crippen LogP contribution in [-0.2, 0) is 6.54 Å². The second kappa shape index (κ2) is 9.43. The average molecular weight is 442 g/mol. The van der Waals surface area contributed by atoms with E-state index in [1.54, 1.807) is 17.0 Å². The van der Waals surface area contributed by atoms with Crippen molar-refractivity contribution in [1.29, 1.82) is 0 Å². The van der Waals surface area contributed by atoms with Crippen LogP contribution >= 0.6 is 23.8 Å². The minimum Gasteiger partial charge on any atom is -0.375 e. The Bertz CT molecular complexity index is 889. The molecule has 0 spiro atoms. The van der Waals surface area contributed by atoms with Crippen molar-refractivity contribution in [3.05, 3.63) is 63.9 Å². The number of benzene rings is 2. The molecular formula is C19H19ClF3N5S. The van der Waals surface area contributed by atoms with E-state index in [2.05, 4.69) is 22.7 Å². The topological polar surface area (TPSA) is 56.9 Å². The molecule has 2 aromatic carbocycles. The van der Waals surface area contributed by atoms with E-state index in [1.807, 2.05) is 4.90 Å². The van der Waals surface area contributed by atoms with Crippen molar-refractivity contribution in [2.45, 2.75) is 6.54 Å². The van der Waals surface area contributed by atoms with Crippen LogP contribution in [0.15, 0.2) is 35.4 Å². The number of piperazine rings is 1. The summed E-state index contributed by atoms with van der Waals surface area (Å²) in [6.45, 7) is 2.18. The maximum atomic E-state index is 14.5. The Morgan fingerprint density at radius 3 is 2.38 bits per heavy atom. The molecule has 3 rings (SSSR count). The number of nitrogens with zero attached hydrogens (tertiary/aromatic N) is 3. The van der Waals surface area contributed by atoms with Gasteiger partial charge in [-0.3, -0.25) is 10.3 Å². The summed E-state index contributed by atoms with van der Waals surface area (Å²) in [5.41, 5.74) is 8.13. The van der Waals surface area contributed by atoms with Gasteiger partial charge in [-0.25, -0.2) is 13.2 Å². The van der Waals surface area contributed by atoms with Crippen molar-refractivity contribution in [2.24, 2.45) is 10.8 Å². The first kappa shape index (κ1) is 21.4. The fourth-order valence-electron chi connectivity index (χ4n) is 3.17. The van der Waals surface area contributed by atoms with E-state index in [4.69, 9.17) is 17.3 Å². The van der Waals surface area contributed by atoms with Gasteiger partial charge in [0.05, 0.1) is 6.21 Å². The number of nitrogens with one attached hydrogen (secondary N) is 1. The van der Waals surface area contributed by atoms with Crippen LogP contribution in [0.2, 0.25) is 5.02 Å².